The molecule has 4 rings (SSSR count). The molecule has 0 atom stereocenters. The van der Waals surface area contributed by atoms with E-state index in [4.69, 9.17) is 14.0 Å². The molecule has 3 aromatic rings. The first-order valence-corrected chi connectivity index (χ1v) is 7.28. The van der Waals surface area contributed by atoms with Gasteiger partial charge in [0.15, 0.2) is 23.1 Å². The number of urea groups is 1. The van der Waals surface area contributed by atoms with Gasteiger partial charge in [0.25, 0.3) is 0 Å². The Labute approximate surface area is 137 Å². The third-order valence-corrected chi connectivity index (χ3v) is 3.44. The molecule has 0 saturated carbocycles. The number of carbonyl (C=O) groups excluding carboxylic acids is 1. The number of carbonyl (C=O) groups is 1. The molecule has 24 heavy (non-hydrogen) atoms. The lowest BCUT2D eigenvalue weighted by molar-refractivity contribution is 0.174. The fourth-order valence-corrected chi connectivity index (χ4v) is 2.33. The monoisotopic (exact) mass is 323 g/mol. The molecule has 1 aliphatic heterocycles. The van der Waals surface area contributed by atoms with Gasteiger partial charge in [-0.1, -0.05) is 35.5 Å². The fourth-order valence-electron chi connectivity index (χ4n) is 2.33. The number of nitrogens with one attached hydrogen (secondary N) is 2. The van der Waals surface area contributed by atoms with Crippen LogP contribution in [-0.4, -0.2) is 18.0 Å². The number of rotatable bonds is 3. The van der Waals surface area contributed by atoms with Crippen LogP contribution in [0.25, 0.3) is 11.3 Å². The molecule has 1 aliphatic rings. The number of anilines is 2. The highest BCUT2D eigenvalue weighted by Crippen LogP contribution is 2.34. The van der Waals surface area contributed by atoms with Crippen molar-refractivity contribution in [1.82, 2.24) is 5.16 Å². The van der Waals surface area contributed by atoms with Gasteiger partial charge in [0.05, 0.1) is 0 Å². The Morgan fingerprint density at radius 3 is 2.67 bits per heavy atom. The number of nitrogens with zero attached hydrogens (tertiary/aromatic N) is 1. The minimum Gasteiger partial charge on any atom is -0.454 e. The standard InChI is InChI=1S/C17H13N3O4/c21-17(18-12-6-7-13-15(8-12)23-10-22-13)19-16-9-14(24-20-16)11-4-2-1-3-5-11/h1-9H,10H2,(H2,18,19,20,21). The van der Waals surface area contributed by atoms with Crippen molar-refractivity contribution >= 4 is 17.5 Å². The highest BCUT2D eigenvalue weighted by molar-refractivity contribution is 5.99. The average Bonchev–Trinajstić information content (AvgIpc) is 3.24. The Hall–Kier alpha value is -3.48. The number of ether oxygens (including phenoxy) is 2. The van der Waals surface area contributed by atoms with Crippen molar-refractivity contribution in [2.75, 3.05) is 17.4 Å². The Morgan fingerprint density at radius 2 is 1.79 bits per heavy atom. The minimum absolute atomic E-state index is 0.187. The Kier molecular flexibility index (Phi) is 3.51. The third kappa shape index (κ3) is 2.87. The molecule has 0 bridgehead atoms. The van der Waals surface area contributed by atoms with Crippen molar-refractivity contribution in [3.8, 4) is 22.8 Å². The molecule has 0 saturated heterocycles. The maximum atomic E-state index is 12.1. The Morgan fingerprint density at radius 1 is 0.958 bits per heavy atom. The highest BCUT2D eigenvalue weighted by Gasteiger charge is 2.15. The van der Waals surface area contributed by atoms with Crippen LogP contribution < -0.4 is 20.1 Å². The van der Waals surface area contributed by atoms with Crippen molar-refractivity contribution in [2.24, 2.45) is 0 Å². The summed E-state index contributed by atoms with van der Waals surface area (Å²) in [5.41, 5.74) is 1.47. The van der Waals surface area contributed by atoms with Gasteiger partial charge in [-0.15, -0.1) is 0 Å². The van der Waals surface area contributed by atoms with Gasteiger partial charge in [0, 0.05) is 23.4 Å². The first-order chi connectivity index (χ1) is 11.8. The van der Waals surface area contributed by atoms with E-state index in [2.05, 4.69) is 15.8 Å². The predicted octanol–water partition coefficient (Wildman–Crippen LogP) is 3.71. The normalized spacial score (nSPS) is 12.0. The zero-order chi connectivity index (χ0) is 16.4. The van der Waals surface area contributed by atoms with E-state index in [1.165, 1.54) is 0 Å². The van der Waals surface area contributed by atoms with Gasteiger partial charge in [-0.25, -0.2) is 4.79 Å². The molecule has 120 valence electrons. The van der Waals surface area contributed by atoms with Crippen LogP contribution in [0.1, 0.15) is 0 Å². The van der Waals surface area contributed by atoms with Crippen LogP contribution in [0.4, 0.5) is 16.3 Å². The van der Waals surface area contributed by atoms with E-state index < -0.39 is 6.03 Å². The third-order valence-electron chi connectivity index (χ3n) is 3.44. The molecule has 0 unspecified atom stereocenters. The van der Waals surface area contributed by atoms with E-state index in [1.807, 2.05) is 30.3 Å². The lowest BCUT2D eigenvalue weighted by atomic mass is 10.2. The van der Waals surface area contributed by atoms with Gasteiger partial charge in [-0.05, 0) is 12.1 Å². The molecule has 2 aromatic carbocycles. The molecule has 0 spiro atoms. The maximum absolute atomic E-state index is 12.1. The summed E-state index contributed by atoms with van der Waals surface area (Å²) in [5.74, 6) is 2.16. The van der Waals surface area contributed by atoms with E-state index in [1.54, 1.807) is 24.3 Å². The van der Waals surface area contributed by atoms with Crippen LogP contribution in [0.15, 0.2) is 59.1 Å². The molecule has 7 nitrogen and oxygen atoms in total. The van der Waals surface area contributed by atoms with Gasteiger partial charge in [-0.3, -0.25) is 5.32 Å². The van der Waals surface area contributed by atoms with Crippen LogP contribution in [0, 0.1) is 0 Å². The van der Waals surface area contributed by atoms with Crippen LogP contribution in [0.5, 0.6) is 11.5 Å². The van der Waals surface area contributed by atoms with Crippen LogP contribution in [0.2, 0.25) is 0 Å². The van der Waals surface area contributed by atoms with Crippen LogP contribution in [0.3, 0.4) is 0 Å². The smallest absolute Gasteiger partial charge is 0.324 e. The van der Waals surface area contributed by atoms with Crippen LogP contribution in [-0.2, 0) is 0 Å². The summed E-state index contributed by atoms with van der Waals surface area (Å²) in [4.78, 5) is 12.1. The summed E-state index contributed by atoms with van der Waals surface area (Å²) in [6.07, 6.45) is 0. The molecule has 0 radical (unpaired) electrons. The first-order valence-electron chi connectivity index (χ1n) is 7.28. The second-order valence-corrected chi connectivity index (χ2v) is 5.09. The van der Waals surface area contributed by atoms with Gasteiger partial charge < -0.3 is 19.3 Å². The SMILES string of the molecule is O=C(Nc1ccc2c(c1)OCO2)Nc1cc(-c2ccccc2)on1. The second-order valence-electron chi connectivity index (χ2n) is 5.09. The summed E-state index contributed by atoms with van der Waals surface area (Å²) in [5, 5.41) is 9.16. The number of hydrogen-bond acceptors (Lipinski definition) is 5. The quantitative estimate of drug-likeness (QED) is 0.767. The summed E-state index contributed by atoms with van der Waals surface area (Å²) in [6, 6.07) is 15.9. The molecule has 0 aliphatic carbocycles. The summed E-state index contributed by atoms with van der Waals surface area (Å²) < 4.78 is 15.7. The molecule has 0 fully saturated rings. The van der Waals surface area contributed by atoms with Crippen LogP contribution >= 0.6 is 0 Å². The van der Waals surface area contributed by atoms with E-state index >= 15 is 0 Å². The average molecular weight is 323 g/mol. The van der Waals surface area contributed by atoms with E-state index in [9.17, 15) is 4.79 Å². The van der Waals surface area contributed by atoms with Crippen molar-refractivity contribution in [3.63, 3.8) is 0 Å². The molecule has 2 heterocycles. The number of hydrogen-bond donors (Lipinski definition) is 2. The maximum Gasteiger partial charge on any atom is 0.324 e. The number of aromatic nitrogens is 1. The zero-order valence-electron chi connectivity index (χ0n) is 12.5. The molecule has 2 amide bonds. The number of benzene rings is 2. The van der Waals surface area contributed by atoms with Crippen molar-refractivity contribution in [2.45, 2.75) is 0 Å². The van der Waals surface area contributed by atoms with Gasteiger partial charge in [0.1, 0.15) is 0 Å². The van der Waals surface area contributed by atoms with Gasteiger partial charge >= 0.3 is 6.03 Å². The second kappa shape index (κ2) is 5.96. The molecule has 2 N–H and O–H groups in total. The molecule has 1 aromatic heterocycles. The van der Waals surface area contributed by atoms with E-state index in [0.717, 1.165) is 5.56 Å². The van der Waals surface area contributed by atoms with Crippen molar-refractivity contribution in [1.29, 1.82) is 0 Å². The summed E-state index contributed by atoms with van der Waals surface area (Å²) in [6.45, 7) is 0.187. The lowest BCUT2D eigenvalue weighted by Crippen LogP contribution is -2.19. The minimum atomic E-state index is -0.429. The fraction of sp³-hybridized carbons (Fsp3) is 0.0588. The highest BCUT2D eigenvalue weighted by atomic mass is 16.7. The summed E-state index contributed by atoms with van der Waals surface area (Å²) >= 11 is 0. The molecule has 7 heteroatoms. The van der Waals surface area contributed by atoms with Crippen molar-refractivity contribution in [3.05, 3.63) is 54.6 Å². The zero-order valence-corrected chi connectivity index (χ0v) is 12.5. The Balaban J connectivity index is 1.42. The van der Waals surface area contributed by atoms with E-state index in [-0.39, 0.29) is 6.79 Å². The summed E-state index contributed by atoms with van der Waals surface area (Å²) in [7, 11) is 0. The van der Waals surface area contributed by atoms with Gasteiger partial charge in [0.2, 0.25) is 6.79 Å². The first kappa shape index (κ1) is 14.1. The topological polar surface area (TPSA) is 85.6 Å². The van der Waals surface area contributed by atoms with E-state index in [0.29, 0.717) is 28.8 Å². The lowest BCUT2D eigenvalue weighted by Gasteiger charge is -2.05. The number of amides is 2. The molecular weight excluding hydrogens is 310 g/mol. The van der Waals surface area contributed by atoms with Gasteiger partial charge in [-0.2, -0.15) is 0 Å². The molecular formula is C17H13N3O4. The largest absolute Gasteiger partial charge is 0.454 e. The Bertz CT molecular complexity index is 877. The predicted molar refractivity (Wildman–Crippen MR) is 87.1 cm³/mol. The number of fused-ring (bicyclic) bond motifs is 1. The van der Waals surface area contributed by atoms with Crippen molar-refractivity contribution < 1.29 is 18.8 Å².